The molecule has 3 amide bonds. The van der Waals surface area contributed by atoms with Crippen LogP contribution in [0.25, 0.3) is 0 Å². The molecule has 8 heteroatoms. The van der Waals surface area contributed by atoms with E-state index in [4.69, 9.17) is 0 Å². The number of carbonyl (C=O) groups is 2. The van der Waals surface area contributed by atoms with Gasteiger partial charge in [0.2, 0.25) is 5.91 Å². The number of hydrogen-bond donors (Lipinski definition) is 2. The summed E-state index contributed by atoms with van der Waals surface area (Å²) in [6, 6.07) is -0.461. The minimum Gasteiger partial charge on any atom is -0.338 e. The van der Waals surface area contributed by atoms with Crippen LogP contribution in [0.2, 0.25) is 0 Å². The molecule has 1 aliphatic heterocycles. The SMILES string of the molecule is CCNC(=O)N1CCN(C(=O)C(NC)c2cnn(C)c2)CC1. The maximum Gasteiger partial charge on any atom is 0.317 e. The Morgan fingerprint density at radius 3 is 2.41 bits per heavy atom. The largest absolute Gasteiger partial charge is 0.338 e. The van der Waals surface area contributed by atoms with E-state index in [1.165, 1.54) is 0 Å². The number of amides is 3. The Morgan fingerprint density at radius 2 is 1.91 bits per heavy atom. The maximum atomic E-state index is 12.6. The molecule has 22 heavy (non-hydrogen) atoms. The predicted octanol–water partition coefficient (Wildman–Crippen LogP) is -0.446. The number of carbonyl (C=O) groups excluding carboxylic acids is 2. The third-order valence-electron chi connectivity index (χ3n) is 3.80. The highest BCUT2D eigenvalue weighted by Gasteiger charge is 2.29. The maximum absolute atomic E-state index is 12.6. The lowest BCUT2D eigenvalue weighted by molar-refractivity contribution is -0.134. The number of piperazine rings is 1. The first kappa shape index (κ1) is 16.3. The van der Waals surface area contributed by atoms with E-state index in [1.807, 2.05) is 20.2 Å². The second-order valence-corrected chi connectivity index (χ2v) is 5.32. The number of hydrogen-bond acceptors (Lipinski definition) is 4. The van der Waals surface area contributed by atoms with Gasteiger partial charge in [-0.25, -0.2) is 4.79 Å². The summed E-state index contributed by atoms with van der Waals surface area (Å²) >= 11 is 0. The molecule has 0 radical (unpaired) electrons. The Kier molecular flexibility index (Phi) is 5.37. The molecule has 1 aliphatic rings. The van der Waals surface area contributed by atoms with Gasteiger partial charge in [-0.1, -0.05) is 0 Å². The zero-order valence-electron chi connectivity index (χ0n) is 13.4. The van der Waals surface area contributed by atoms with Crippen LogP contribution in [0.4, 0.5) is 4.79 Å². The zero-order valence-corrected chi connectivity index (χ0v) is 13.4. The van der Waals surface area contributed by atoms with Crippen molar-refractivity contribution in [2.24, 2.45) is 7.05 Å². The molecule has 1 aromatic rings. The molecule has 8 nitrogen and oxygen atoms in total. The average molecular weight is 308 g/mol. The summed E-state index contributed by atoms with van der Waals surface area (Å²) < 4.78 is 1.68. The number of aryl methyl sites for hydroxylation is 1. The topological polar surface area (TPSA) is 82.5 Å². The van der Waals surface area contributed by atoms with E-state index in [2.05, 4.69) is 15.7 Å². The highest BCUT2D eigenvalue weighted by atomic mass is 16.2. The van der Waals surface area contributed by atoms with Gasteiger partial charge in [0.1, 0.15) is 6.04 Å². The Morgan fingerprint density at radius 1 is 1.27 bits per heavy atom. The first-order valence-electron chi connectivity index (χ1n) is 7.54. The van der Waals surface area contributed by atoms with E-state index in [9.17, 15) is 9.59 Å². The second-order valence-electron chi connectivity index (χ2n) is 5.32. The van der Waals surface area contributed by atoms with Gasteiger partial charge < -0.3 is 20.4 Å². The molecule has 1 unspecified atom stereocenters. The minimum absolute atomic E-state index is 0.0195. The van der Waals surface area contributed by atoms with Gasteiger partial charge in [0.15, 0.2) is 0 Å². The van der Waals surface area contributed by atoms with Gasteiger partial charge in [-0.15, -0.1) is 0 Å². The number of rotatable bonds is 4. The summed E-state index contributed by atoms with van der Waals surface area (Å²) in [6.45, 7) is 4.72. The van der Waals surface area contributed by atoms with Crippen LogP contribution in [0, 0.1) is 0 Å². The van der Waals surface area contributed by atoms with Crippen LogP contribution >= 0.6 is 0 Å². The number of nitrogens with zero attached hydrogens (tertiary/aromatic N) is 4. The lowest BCUT2D eigenvalue weighted by Crippen LogP contribution is -2.54. The molecule has 1 fully saturated rings. The Balaban J connectivity index is 1.95. The molecule has 1 atom stereocenters. The Hall–Kier alpha value is -2.09. The standard InChI is InChI=1S/C14H24N6O2/c1-4-16-14(22)20-7-5-19(6-8-20)13(21)12(15-2)11-9-17-18(3)10-11/h9-10,12,15H,4-8H2,1-3H3,(H,16,22). The van der Waals surface area contributed by atoms with Crippen LogP contribution in [-0.2, 0) is 11.8 Å². The highest BCUT2D eigenvalue weighted by Crippen LogP contribution is 2.16. The van der Waals surface area contributed by atoms with Gasteiger partial charge in [-0.3, -0.25) is 9.48 Å². The van der Waals surface area contributed by atoms with Crippen LogP contribution in [0.5, 0.6) is 0 Å². The highest BCUT2D eigenvalue weighted by molar-refractivity contribution is 5.83. The molecule has 0 spiro atoms. The van der Waals surface area contributed by atoms with E-state index in [0.29, 0.717) is 32.7 Å². The lowest BCUT2D eigenvalue weighted by atomic mass is 10.1. The molecule has 0 aliphatic carbocycles. The van der Waals surface area contributed by atoms with Crippen molar-refractivity contribution in [2.45, 2.75) is 13.0 Å². The molecular weight excluding hydrogens is 284 g/mol. The normalized spacial score (nSPS) is 16.5. The molecule has 2 heterocycles. The predicted molar refractivity (Wildman–Crippen MR) is 82.2 cm³/mol. The molecule has 2 N–H and O–H groups in total. The van der Waals surface area contributed by atoms with Crippen LogP contribution in [0.1, 0.15) is 18.5 Å². The fourth-order valence-corrected chi connectivity index (χ4v) is 2.60. The third-order valence-corrected chi connectivity index (χ3v) is 3.80. The van der Waals surface area contributed by atoms with Gasteiger partial charge in [0.05, 0.1) is 6.20 Å². The van der Waals surface area contributed by atoms with E-state index >= 15 is 0 Å². The third kappa shape index (κ3) is 3.56. The summed E-state index contributed by atoms with van der Waals surface area (Å²) in [7, 11) is 3.59. The van der Waals surface area contributed by atoms with Crippen molar-refractivity contribution in [3.05, 3.63) is 18.0 Å². The first-order valence-corrected chi connectivity index (χ1v) is 7.54. The van der Waals surface area contributed by atoms with E-state index in [1.54, 1.807) is 27.7 Å². The molecule has 1 saturated heterocycles. The smallest absolute Gasteiger partial charge is 0.317 e. The monoisotopic (exact) mass is 308 g/mol. The molecule has 0 aromatic carbocycles. The lowest BCUT2D eigenvalue weighted by Gasteiger charge is -2.36. The summed E-state index contributed by atoms with van der Waals surface area (Å²) in [5, 5.41) is 9.94. The van der Waals surface area contributed by atoms with Crippen LogP contribution in [0.15, 0.2) is 12.4 Å². The van der Waals surface area contributed by atoms with Crippen molar-refractivity contribution < 1.29 is 9.59 Å². The number of likely N-dealkylation sites (N-methyl/N-ethyl adjacent to an activating group) is 1. The van der Waals surface area contributed by atoms with Gasteiger partial charge in [0.25, 0.3) is 0 Å². The molecule has 122 valence electrons. The molecule has 1 aromatic heterocycles. The molecular formula is C14H24N6O2. The van der Waals surface area contributed by atoms with E-state index in [0.717, 1.165) is 5.56 Å². The van der Waals surface area contributed by atoms with Crippen molar-refractivity contribution in [1.29, 1.82) is 0 Å². The Labute approximate surface area is 130 Å². The number of urea groups is 1. The van der Waals surface area contributed by atoms with Crippen molar-refractivity contribution in [2.75, 3.05) is 39.8 Å². The quantitative estimate of drug-likeness (QED) is 0.789. The van der Waals surface area contributed by atoms with Crippen molar-refractivity contribution in [3.8, 4) is 0 Å². The molecule has 0 saturated carbocycles. The van der Waals surface area contributed by atoms with Crippen molar-refractivity contribution in [3.63, 3.8) is 0 Å². The first-order chi connectivity index (χ1) is 10.6. The average Bonchev–Trinajstić information content (AvgIpc) is 2.94. The fraction of sp³-hybridized carbons (Fsp3) is 0.643. The summed E-state index contributed by atoms with van der Waals surface area (Å²) in [4.78, 5) is 28.0. The molecule has 0 bridgehead atoms. The summed E-state index contributed by atoms with van der Waals surface area (Å²) in [5.74, 6) is 0.0195. The van der Waals surface area contributed by atoms with E-state index < -0.39 is 6.04 Å². The van der Waals surface area contributed by atoms with E-state index in [-0.39, 0.29) is 11.9 Å². The minimum atomic E-state index is -0.398. The number of nitrogens with one attached hydrogen (secondary N) is 2. The summed E-state index contributed by atoms with van der Waals surface area (Å²) in [6.07, 6.45) is 3.54. The van der Waals surface area contributed by atoms with Crippen LogP contribution < -0.4 is 10.6 Å². The Bertz CT molecular complexity index is 521. The van der Waals surface area contributed by atoms with Crippen LogP contribution in [-0.4, -0.2) is 71.3 Å². The number of aromatic nitrogens is 2. The van der Waals surface area contributed by atoms with Gasteiger partial charge in [-0.2, -0.15) is 5.10 Å². The molecule has 2 rings (SSSR count). The van der Waals surface area contributed by atoms with Gasteiger partial charge in [0, 0.05) is 51.5 Å². The van der Waals surface area contributed by atoms with Crippen molar-refractivity contribution in [1.82, 2.24) is 30.2 Å². The fourth-order valence-electron chi connectivity index (χ4n) is 2.60. The zero-order chi connectivity index (χ0) is 16.1. The van der Waals surface area contributed by atoms with Crippen LogP contribution in [0.3, 0.4) is 0 Å². The van der Waals surface area contributed by atoms with Gasteiger partial charge >= 0.3 is 6.03 Å². The van der Waals surface area contributed by atoms with Gasteiger partial charge in [-0.05, 0) is 14.0 Å². The summed E-state index contributed by atoms with van der Waals surface area (Å²) in [5.41, 5.74) is 0.848. The second kappa shape index (κ2) is 7.26. The van der Waals surface area contributed by atoms with Crippen molar-refractivity contribution >= 4 is 11.9 Å².